The lowest BCUT2D eigenvalue weighted by Gasteiger charge is -2.15. The minimum Gasteiger partial charge on any atom is -0.308 e. The number of imidazole rings is 1. The van der Waals surface area contributed by atoms with E-state index in [9.17, 15) is 0 Å². The van der Waals surface area contributed by atoms with E-state index < -0.39 is 0 Å². The summed E-state index contributed by atoms with van der Waals surface area (Å²) in [5.74, 6) is 1.30. The first-order valence-corrected chi connectivity index (χ1v) is 8.03. The predicted molar refractivity (Wildman–Crippen MR) is 84.6 cm³/mol. The Bertz CT molecular complexity index is 718. The van der Waals surface area contributed by atoms with Gasteiger partial charge in [-0.15, -0.1) is 22.9 Å². The first-order valence-electron chi connectivity index (χ1n) is 6.61. The number of fused-ring (bicyclic) bond motifs is 1. The maximum Gasteiger partial charge on any atom is 0.160 e. The Morgan fingerprint density at radius 3 is 2.95 bits per heavy atom. The Balaban J connectivity index is 2.07. The van der Waals surface area contributed by atoms with Crippen molar-refractivity contribution >= 4 is 34.1 Å². The number of hydrogen-bond acceptors (Lipinski definition) is 3. The van der Waals surface area contributed by atoms with Crippen molar-refractivity contribution in [3.05, 3.63) is 46.0 Å². The van der Waals surface area contributed by atoms with Crippen LogP contribution in [0.25, 0.3) is 11.2 Å². The van der Waals surface area contributed by atoms with Crippen LogP contribution in [0.3, 0.4) is 0 Å². The molecule has 0 saturated carbocycles. The van der Waals surface area contributed by atoms with Gasteiger partial charge in [0.15, 0.2) is 5.65 Å². The Morgan fingerprint density at radius 2 is 2.25 bits per heavy atom. The van der Waals surface area contributed by atoms with Crippen molar-refractivity contribution < 1.29 is 0 Å². The molecule has 0 aromatic carbocycles. The minimum atomic E-state index is 0.293. The molecule has 0 N–H and O–H groups in total. The van der Waals surface area contributed by atoms with E-state index >= 15 is 0 Å². The fraction of sp³-hybridized carbons (Fsp3) is 0.333. The van der Waals surface area contributed by atoms with Gasteiger partial charge < -0.3 is 4.57 Å². The summed E-state index contributed by atoms with van der Waals surface area (Å²) in [7, 11) is 0. The summed E-state index contributed by atoms with van der Waals surface area (Å²) in [5.41, 5.74) is 3.04. The van der Waals surface area contributed by atoms with Gasteiger partial charge in [0, 0.05) is 23.5 Å². The number of alkyl halides is 1. The first kappa shape index (κ1) is 13.6. The molecule has 0 spiro atoms. The van der Waals surface area contributed by atoms with Crippen LogP contribution in [0.2, 0.25) is 0 Å². The van der Waals surface area contributed by atoms with E-state index in [1.807, 2.05) is 12.3 Å². The zero-order chi connectivity index (χ0) is 14.1. The fourth-order valence-electron chi connectivity index (χ4n) is 2.52. The second kappa shape index (κ2) is 5.54. The Hall–Kier alpha value is -1.39. The molecule has 104 valence electrons. The van der Waals surface area contributed by atoms with Gasteiger partial charge in [0.1, 0.15) is 11.3 Å². The van der Waals surface area contributed by atoms with Crippen molar-refractivity contribution in [1.82, 2.24) is 14.5 Å². The van der Waals surface area contributed by atoms with Crippen molar-refractivity contribution in [2.75, 3.05) is 0 Å². The second-order valence-corrected chi connectivity index (χ2v) is 6.26. The van der Waals surface area contributed by atoms with Crippen LogP contribution in [0.1, 0.15) is 29.2 Å². The van der Waals surface area contributed by atoms with Crippen molar-refractivity contribution in [1.29, 1.82) is 0 Å². The molecule has 3 aromatic heterocycles. The number of rotatable bonds is 4. The summed E-state index contributed by atoms with van der Waals surface area (Å²) in [6, 6.07) is 6.53. The Labute approximate surface area is 127 Å². The summed E-state index contributed by atoms with van der Waals surface area (Å²) in [5, 5.41) is 2.11. The number of hydrogen-bond donors (Lipinski definition) is 0. The summed E-state index contributed by atoms with van der Waals surface area (Å²) in [4.78, 5) is 10.5. The molecular formula is C15H16ClN3S. The standard InChI is InChI=1S/C15H16ClN3S/c1-10-5-6-17-15-14(10)18-13(9-16)19(15)11(2)8-12-4-3-7-20-12/h3-7,11H,8-9H2,1-2H3. The van der Waals surface area contributed by atoms with Crippen LogP contribution in [0.15, 0.2) is 29.8 Å². The molecule has 0 radical (unpaired) electrons. The molecule has 0 aliphatic heterocycles. The number of pyridine rings is 1. The zero-order valence-corrected chi connectivity index (χ0v) is 13.1. The summed E-state index contributed by atoms with van der Waals surface area (Å²) in [6.07, 6.45) is 2.81. The molecule has 0 aliphatic rings. The molecule has 3 heterocycles. The molecule has 5 heteroatoms. The molecule has 3 aromatic rings. The highest BCUT2D eigenvalue weighted by Crippen LogP contribution is 2.26. The number of halogens is 1. The van der Waals surface area contributed by atoms with E-state index in [1.165, 1.54) is 4.88 Å². The lowest BCUT2D eigenvalue weighted by molar-refractivity contribution is 0.544. The average Bonchev–Trinajstić information content (AvgIpc) is 3.05. The van der Waals surface area contributed by atoms with Gasteiger partial charge in [0.2, 0.25) is 0 Å². The van der Waals surface area contributed by atoms with Crippen LogP contribution in [0.5, 0.6) is 0 Å². The molecule has 0 saturated heterocycles. The topological polar surface area (TPSA) is 30.7 Å². The SMILES string of the molecule is Cc1ccnc2c1nc(CCl)n2C(C)Cc1cccs1. The van der Waals surface area contributed by atoms with Gasteiger partial charge in [-0.3, -0.25) is 0 Å². The van der Waals surface area contributed by atoms with Crippen molar-refractivity contribution in [2.45, 2.75) is 32.2 Å². The molecular weight excluding hydrogens is 290 g/mol. The highest BCUT2D eigenvalue weighted by Gasteiger charge is 2.17. The van der Waals surface area contributed by atoms with Gasteiger partial charge in [-0.05, 0) is 36.9 Å². The van der Waals surface area contributed by atoms with Crippen LogP contribution < -0.4 is 0 Å². The number of aromatic nitrogens is 3. The molecule has 0 amide bonds. The minimum absolute atomic E-state index is 0.293. The molecule has 0 fully saturated rings. The lowest BCUT2D eigenvalue weighted by atomic mass is 10.2. The van der Waals surface area contributed by atoms with E-state index in [-0.39, 0.29) is 0 Å². The van der Waals surface area contributed by atoms with Gasteiger partial charge in [0.05, 0.1) is 5.88 Å². The highest BCUT2D eigenvalue weighted by molar-refractivity contribution is 7.09. The average molecular weight is 306 g/mol. The van der Waals surface area contributed by atoms with Crippen molar-refractivity contribution in [2.24, 2.45) is 0 Å². The lowest BCUT2D eigenvalue weighted by Crippen LogP contribution is -2.11. The second-order valence-electron chi connectivity index (χ2n) is 4.96. The predicted octanol–water partition coefficient (Wildman–Crippen LogP) is 4.34. The van der Waals surface area contributed by atoms with Crippen LogP contribution >= 0.6 is 22.9 Å². The first-order chi connectivity index (χ1) is 9.70. The van der Waals surface area contributed by atoms with Crippen molar-refractivity contribution in [3.63, 3.8) is 0 Å². The van der Waals surface area contributed by atoms with Crippen molar-refractivity contribution in [3.8, 4) is 0 Å². The molecule has 1 atom stereocenters. The van der Waals surface area contributed by atoms with E-state index in [0.29, 0.717) is 11.9 Å². The highest BCUT2D eigenvalue weighted by atomic mass is 35.5. The quantitative estimate of drug-likeness (QED) is 0.671. The third-order valence-corrected chi connectivity index (χ3v) is 4.63. The number of nitrogens with zero attached hydrogens (tertiary/aromatic N) is 3. The third kappa shape index (κ3) is 2.34. The maximum absolute atomic E-state index is 6.07. The smallest absolute Gasteiger partial charge is 0.160 e. The molecule has 1 unspecified atom stereocenters. The zero-order valence-electron chi connectivity index (χ0n) is 11.5. The largest absolute Gasteiger partial charge is 0.308 e. The normalized spacial score (nSPS) is 12.9. The van der Waals surface area contributed by atoms with Crippen LogP contribution in [0, 0.1) is 6.92 Å². The van der Waals surface area contributed by atoms with E-state index in [0.717, 1.165) is 29.0 Å². The number of thiophene rings is 1. The monoisotopic (exact) mass is 305 g/mol. The molecule has 3 rings (SSSR count). The van der Waals surface area contributed by atoms with Crippen LogP contribution in [0.4, 0.5) is 0 Å². The summed E-state index contributed by atoms with van der Waals surface area (Å²) >= 11 is 7.86. The van der Waals surface area contributed by atoms with Gasteiger partial charge in [-0.2, -0.15) is 0 Å². The van der Waals surface area contributed by atoms with E-state index in [4.69, 9.17) is 11.6 Å². The third-order valence-electron chi connectivity index (χ3n) is 3.49. The Morgan fingerprint density at radius 1 is 1.40 bits per heavy atom. The molecule has 20 heavy (non-hydrogen) atoms. The molecule has 3 nitrogen and oxygen atoms in total. The summed E-state index contributed by atoms with van der Waals surface area (Å²) in [6.45, 7) is 4.25. The molecule has 0 bridgehead atoms. The van der Waals surface area contributed by atoms with E-state index in [1.54, 1.807) is 11.3 Å². The Kier molecular flexibility index (Phi) is 3.76. The van der Waals surface area contributed by atoms with Gasteiger partial charge in [0.25, 0.3) is 0 Å². The van der Waals surface area contributed by atoms with Crippen LogP contribution in [-0.4, -0.2) is 14.5 Å². The van der Waals surface area contributed by atoms with E-state index in [2.05, 4.69) is 45.9 Å². The van der Waals surface area contributed by atoms with Gasteiger partial charge in [-0.25, -0.2) is 9.97 Å². The summed E-state index contributed by atoms with van der Waals surface area (Å²) < 4.78 is 2.18. The maximum atomic E-state index is 6.07. The van der Waals surface area contributed by atoms with Crippen LogP contribution in [-0.2, 0) is 12.3 Å². The number of aryl methyl sites for hydroxylation is 1. The fourth-order valence-corrected chi connectivity index (χ4v) is 3.54. The van der Waals surface area contributed by atoms with Gasteiger partial charge >= 0.3 is 0 Å². The molecule has 0 aliphatic carbocycles. The van der Waals surface area contributed by atoms with Gasteiger partial charge in [-0.1, -0.05) is 6.07 Å².